The van der Waals surface area contributed by atoms with Crippen LogP contribution in [0.25, 0.3) is 0 Å². The van der Waals surface area contributed by atoms with Gasteiger partial charge in [-0.3, -0.25) is 9.59 Å². The third-order valence-corrected chi connectivity index (χ3v) is 0.718. The number of carboxylic acid groups (broad SMARTS) is 3. The van der Waals surface area contributed by atoms with Crippen LogP contribution in [0.4, 0.5) is 0 Å². The van der Waals surface area contributed by atoms with Gasteiger partial charge in [-0.15, -0.1) is 0 Å². The molecule has 0 unspecified atom stereocenters. The lowest BCUT2D eigenvalue weighted by molar-refractivity contribution is -0.304. The summed E-state index contributed by atoms with van der Waals surface area (Å²) < 4.78 is 0. The van der Waals surface area contributed by atoms with Gasteiger partial charge in [0.2, 0.25) is 5.78 Å². The Bertz CT molecular complexity index is 247. The number of Topliss-reactive ketones (excluding diaryl/α,β-unsaturated/α-hetero) is 1. The second kappa shape index (κ2) is 7.68. The topological polar surface area (TPSA) is 158 Å². The highest BCUT2D eigenvalue weighted by Gasteiger charge is 2.09. The van der Waals surface area contributed by atoms with Crippen LogP contribution in [0.15, 0.2) is 0 Å². The minimum absolute atomic E-state index is 0.278. The summed E-state index contributed by atoms with van der Waals surface area (Å²) in [6.45, 7) is -0.278. The number of carboxylic acids is 3. The molecule has 0 radical (unpaired) electrons. The number of rotatable bonds is 4. The molecule has 0 spiro atoms. The third kappa shape index (κ3) is 12.7. The number of ketones is 1. The fraction of sp³-hybridized carbons (Fsp3) is 0.333. The van der Waals surface area contributed by atoms with Crippen LogP contribution >= 0.6 is 0 Å². The zero-order chi connectivity index (χ0) is 11.7. The van der Waals surface area contributed by atoms with Crippen molar-refractivity contribution >= 4 is 23.7 Å². The van der Waals surface area contributed by atoms with Gasteiger partial charge >= 0.3 is 11.9 Å². The number of nitrogens with two attached hydrogens (primary N) is 1. The van der Waals surface area contributed by atoms with Gasteiger partial charge in [0.05, 0.1) is 13.0 Å². The minimum Gasteiger partial charge on any atom is -0.550 e. The third-order valence-electron chi connectivity index (χ3n) is 0.718. The fourth-order valence-corrected chi connectivity index (χ4v) is 0.207. The SMILES string of the molecule is NCC(=O)O.O=C([O-])CC(=O)C(=O)O. The molecular formula is C6H8NO7-. The molecule has 4 N–H and O–H groups in total. The maximum Gasteiger partial charge on any atom is 0.372 e. The number of aliphatic carboxylic acids is 3. The molecule has 0 heterocycles. The van der Waals surface area contributed by atoms with E-state index in [4.69, 9.17) is 10.2 Å². The van der Waals surface area contributed by atoms with Gasteiger partial charge in [0.15, 0.2) is 0 Å². The second-order valence-electron chi connectivity index (χ2n) is 1.87. The first-order chi connectivity index (χ1) is 6.31. The molecule has 0 atom stereocenters. The first-order valence-corrected chi connectivity index (χ1v) is 3.19. The predicted octanol–water partition coefficient (Wildman–Crippen LogP) is -3.19. The highest BCUT2D eigenvalue weighted by Crippen LogP contribution is 1.78. The smallest absolute Gasteiger partial charge is 0.372 e. The van der Waals surface area contributed by atoms with Crippen molar-refractivity contribution in [3.63, 3.8) is 0 Å². The molecule has 0 aromatic carbocycles. The Labute approximate surface area is 77.9 Å². The summed E-state index contributed by atoms with van der Waals surface area (Å²) in [4.78, 5) is 38.3. The number of hydrogen-bond acceptors (Lipinski definition) is 6. The first-order valence-electron chi connectivity index (χ1n) is 3.19. The van der Waals surface area contributed by atoms with E-state index in [-0.39, 0.29) is 6.54 Å². The highest BCUT2D eigenvalue weighted by atomic mass is 16.4. The molecule has 0 amide bonds. The zero-order valence-corrected chi connectivity index (χ0v) is 6.93. The summed E-state index contributed by atoms with van der Waals surface area (Å²) in [6, 6.07) is 0. The van der Waals surface area contributed by atoms with E-state index in [0.29, 0.717) is 0 Å². The number of hydrogen-bond donors (Lipinski definition) is 3. The average molecular weight is 206 g/mol. The van der Waals surface area contributed by atoms with E-state index in [0.717, 1.165) is 0 Å². The van der Waals surface area contributed by atoms with Crippen LogP contribution < -0.4 is 10.8 Å². The van der Waals surface area contributed by atoms with E-state index >= 15 is 0 Å². The lowest BCUT2D eigenvalue weighted by atomic mass is 10.3. The van der Waals surface area contributed by atoms with Gasteiger partial charge < -0.3 is 25.8 Å². The fourth-order valence-electron chi connectivity index (χ4n) is 0.207. The molecular weight excluding hydrogens is 198 g/mol. The van der Waals surface area contributed by atoms with Crippen molar-refractivity contribution in [1.29, 1.82) is 0 Å². The summed E-state index contributed by atoms with van der Waals surface area (Å²) in [7, 11) is 0. The minimum atomic E-state index is -1.75. The van der Waals surface area contributed by atoms with Crippen LogP contribution in [0.5, 0.6) is 0 Å². The normalized spacial score (nSPS) is 8.07. The van der Waals surface area contributed by atoms with Crippen molar-refractivity contribution in [1.82, 2.24) is 0 Å². The van der Waals surface area contributed by atoms with Crippen LogP contribution in [0.1, 0.15) is 6.42 Å². The maximum absolute atomic E-state index is 9.93. The van der Waals surface area contributed by atoms with Crippen LogP contribution in [0.2, 0.25) is 0 Å². The molecule has 0 aromatic rings. The molecule has 0 bridgehead atoms. The zero-order valence-electron chi connectivity index (χ0n) is 6.93. The van der Waals surface area contributed by atoms with Crippen LogP contribution in [-0.2, 0) is 19.2 Å². The molecule has 0 aliphatic heterocycles. The van der Waals surface area contributed by atoms with Crippen LogP contribution in [0.3, 0.4) is 0 Å². The van der Waals surface area contributed by atoms with Gasteiger partial charge in [-0.2, -0.15) is 0 Å². The molecule has 0 aliphatic rings. The van der Waals surface area contributed by atoms with Crippen molar-refractivity contribution in [2.24, 2.45) is 5.73 Å². The van der Waals surface area contributed by atoms with E-state index in [2.05, 4.69) is 5.73 Å². The van der Waals surface area contributed by atoms with Crippen molar-refractivity contribution < 1.29 is 34.5 Å². The largest absolute Gasteiger partial charge is 0.550 e. The average Bonchev–Trinajstić information content (AvgIpc) is 2.04. The van der Waals surface area contributed by atoms with E-state index in [9.17, 15) is 24.3 Å². The lowest BCUT2D eigenvalue weighted by Gasteiger charge is -1.94. The summed E-state index contributed by atoms with van der Waals surface area (Å²) in [6.07, 6.45) is -1.06. The summed E-state index contributed by atoms with van der Waals surface area (Å²) >= 11 is 0. The van der Waals surface area contributed by atoms with Gasteiger partial charge in [0.25, 0.3) is 0 Å². The lowest BCUT2D eigenvalue weighted by Crippen LogP contribution is -2.28. The van der Waals surface area contributed by atoms with E-state index in [1.807, 2.05) is 0 Å². The maximum atomic E-state index is 9.93. The molecule has 0 saturated carbocycles. The summed E-state index contributed by atoms with van der Waals surface area (Å²) in [5, 5.41) is 24.9. The van der Waals surface area contributed by atoms with Crippen molar-refractivity contribution in [3.8, 4) is 0 Å². The highest BCUT2D eigenvalue weighted by molar-refractivity contribution is 6.35. The van der Waals surface area contributed by atoms with Gasteiger partial charge in [-0.1, -0.05) is 0 Å². The quantitative estimate of drug-likeness (QED) is 0.320. The summed E-state index contributed by atoms with van der Waals surface area (Å²) in [5.74, 6) is -5.76. The molecule has 80 valence electrons. The van der Waals surface area contributed by atoms with Crippen molar-refractivity contribution in [2.45, 2.75) is 6.42 Å². The van der Waals surface area contributed by atoms with Gasteiger partial charge in [-0.05, 0) is 0 Å². The molecule has 8 heteroatoms. The van der Waals surface area contributed by atoms with E-state index in [1.54, 1.807) is 0 Å². The van der Waals surface area contributed by atoms with Crippen molar-refractivity contribution in [3.05, 3.63) is 0 Å². The molecule has 0 fully saturated rings. The van der Waals surface area contributed by atoms with E-state index < -0.39 is 30.1 Å². The Kier molecular flexibility index (Phi) is 7.98. The monoisotopic (exact) mass is 206 g/mol. The molecule has 0 aromatic heterocycles. The summed E-state index contributed by atoms with van der Waals surface area (Å²) in [5.41, 5.74) is 4.57. The van der Waals surface area contributed by atoms with Crippen LogP contribution in [0, 0.1) is 0 Å². The molecule has 0 rings (SSSR count). The Morgan fingerprint density at radius 1 is 1.14 bits per heavy atom. The van der Waals surface area contributed by atoms with Gasteiger partial charge in [0, 0.05) is 5.97 Å². The molecule has 14 heavy (non-hydrogen) atoms. The Balaban J connectivity index is 0. The Morgan fingerprint density at radius 2 is 1.50 bits per heavy atom. The second-order valence-corrected chi connectivity index (χ2v) is 1.87. The van der Waals surface area contributed by atoms with Crippen LogP contribution in [-0.4, -0.2) is 40.4 Å². The van der Waals surface area contributed by atoms with E-state index in [1.165, 1.54) is 0 Å². The number of carbonyl (C=O) groups is 4. The van der Waals surface area contributed by atoms with Crippen molar-refractivity contribution in [2.75, 3.05) is 6.54 Å². The van der Waals surface area contributed by atoms with Gasteiger partial charge in [-0.25, -0.2) is 4.79 Å². The molecule has 0 aliphatic carbocycles. The Hall–Kier alpha value is -1.96. The van der Waals surface area contributed by atoms with Gasteiger partial charge in [0.1, 0.15) is 0 Å². The standard InChI is InChI=1S/C4H4O5.C2H5NO2/c5-2(4(8)9)1-3(6)7;3-1-2(4)5/h1H2,(H,6,7)(H,8,9);1,3H2,(H,4,5)/p-1. The number of carbonyl (C=O) groups excluding carboxylic acids is 2. The Morgan fingerprint density at radius 3 is 1.57 bits per heavy atom. The molecule has 8 nitrogen and oxygen atoms in total. The predicted molar refractivity (Wildman–Crippen MR) is 39.0 cm³/mol. The first kappa shape index (κ1) is 14.6. The molecule has 0 saturated heterocycles.